The summed E-state index contributed by atoms with van der Waals surface area (Å²) < 4.78 is 5.80. The molecule has 1 aliphatic heterocycles. The molecule has 0 aromatic rings. The molecule has 3 nitrogen and oxygen atoms in total. The number of hydrogen-bond donors (Lipinski definition) is 1. The molecule has 0 spiro atoms. The zero-order valence-electron chi connectivity index (χ0n) is 11.5. The van der Waals surface area contributed by atoms with Gasteiger partial charge in [0.25, 0.3) is 0 Å². The highest BCUT2D eigenvalue weighted by Gasteiger charge is 2.22. The number of nitrogens with zero attached hydrogens (tertiary/aromatic N) is 1. The van der Waals surface area contributed by atoms with Crippen LogP contribution in [0.1, 0.15) is 39.0 Å². The van der Waals surface area contributed by atoms with E-state index in [-0.39, 0.29) is 0 Å². The quantitative estimate of drug-likeness (QED) is 0.762. The molecule has 3 atom stereocenters. The minimum Gasteiger partial charge on any atom is -0.374 e. The van der Waals surface area contributed by atoms with E-state index in [1.807, 2.05) is 0 Å². The maximum atomic E-state index is 5.80. The fraction of sp³-hybridized carbons (Fsp3) is 1.00. The summed E-state index contributed by atoms with van der Waals surface area (Å²) in [5, 5.41) is 3.75. The highest BCUT2D eigenvalue weighted by Crippen LogP contribution is 2.23. The van der Waals surface area contributed by atoms with Crippen molar-refractivity contribution in [1.29, 1.82) is 0 Å². The average Bonchev–Trinajstić information content (AvgIpc) is 2.52. The van der Waals surface area contributed by atoms with Gasteiger partial charge >= 0.3 is 0 Å². The molecule has 0 radical (unpaired) electrons. The molecule has 0 aromatic heterocycles. The average molecular weight is 240 g/mol. The van der Waals surface area contributed by atoms with E-state index in [0.717, 1.165) is 32.2 Å². The Hall–Kier alpha value is -0.120. The molecule has 100 valence electrons. The second-order valence-corrected chi connectivity index (χ2v) is 5.89. The van der Waals surface area contributed by atoms with Gasteiger partial charge in [0, 0.05) is 25.7 Å². The summed E-state index contributed by atoms with van der Waals surface area (Å²) in [5.41, 5.74) is 0. The van der Waals surface area contributed by atoms with Gasteiger partial charge in [0.05, 0.1) is 12.7 Å². The zero-order valence-corrected chi connectivity index (χ0v) is 11.5. The Morgan fingerprint density at radius 2 is 2.06 bits per heavy atom. The van der Waals surface area contributed by atoms with Crippen molar-refractivity contribution in [1.82, 2.24) is 10.2 Å². The minimum atomic E-state index is 0.393. The van der Waals surface area contributed by atoms with Gasteiger partial charge in [-0.25, -0.2) is 0 Å². The summed E-state index contributed by atoms with van der Waals surface area (Å²) in [5.74, 6) is 0.832. The van der Waals surface area contributed by atoms with Gasteiger partial charge in [-0.05, 0) is 25.8 Å². The van der Waals surface area contributed by atoms with Crippen molar-refractivity contribution in [2.45, 2.75) is 51.2 Å². The fourth-order valence-corrected chi connectivity index (χ4v) is 3.07. The minimum absolute atomic E-state index is 0.393. The van der Waals surface area contributed by atoms with E-state index in [0.29, 0.717) is 12.1 Å². The lowest BCUT2D eigenvalue weighted by Gasteiger charge is -2.32. The maximum Gasteiger partial charge on any atom is 0.0826 e. The summed E-state index contributed by atoms with van der Waals surface area (Å²) in [7, 11) is 2.18. The van der Waals surface area contributed by atoms with Gasteiger partial charge in [0.2, 0.25) is 0 Å². The third-order valence-electron chi connectivity index (χ3n) is 4.31. The van der Waals surface area contributed by atoms with Crippen LogP contribution in [-0.2, 0) is 4.74 Å². The molecule has 1 aliphatic carbocycles. The second-order valence-electron chi connectivity index (χ2n) is 5.89. The molecule has 1 saturated heterocycles. The molecule has 0 aromatic carbocycles. The Labute approximate surface area is 106 Å². The fourth-order valence-electron chi connectivity index (χ4n) is 3.07. The molecule has 0 amide bonds. The van der Waals surface area contributed by atoms with E-state index >= 15 is 0 Å². The molecular formula is C14H28N2O. The predicted molar refractivity (Wildman–Crippen MR) is 71.3 cm³/mol. The molecule has 2 fully saturated rings. The number of morpholine rings is 1. The third-order valence-corrected chi connectivity index (χ3v) is 4.31. The SMILES string of the molecule is CC1CCCCCC1NCC1CN(C)CCO1. The van der Waals surface area contributed by atoms with Gasteiger partial charge in [0.1, 0.15) is 0 Å². The van der Waals surface area contributed by atoms with Crippen molar-refractivity contribution in [3.63, 3.8) is 0 Å². The summed E-state index contributed by atoms with van der Waals surface area (Å²) in [4.78, 5) is 2.37. The monoisotopic (exact) mass is 240 g/mol. The van der Waals surface area contributed by atoms with E-state index in [4.69, 9.17) is 4.74 Å². The third kappa shape index (κ3) is 4.23. The smallest absolute Gasteiger partial charge is 0.0826 e. The van der Waals surface area contributed by atoms with Crippen LogP contribution in [0.3, 0.4) is 0 Å². The molecule has 1 heterocycles. The van der Waals surface area contributed by atoms with Crippen LogP contribution < -0.4 is 5.32 Å². The predicted octanol–water partition coefficient (Wildman–Crippen LogP) is 1.88. The van der Waals surface area contributed by atoms with E-state index in [2.05, 4.69) is 24.2 Å². The number of likely N-dealkylation sites (N-methyl/N-ethyl adjacent to an activating group) is 1. The topological polar surface area (TPSA) is 24.5 Å². The first kappa shape index (κ1) is 13.3. The van der Waals surface area contributed by atoms with Crippen LogP contribution in [0.25, 0.3) is 0 Å². The van der Waals surface area contributed by atoms with Gasteiger partial charge in [0.15, 0.2) is 0 Å². The molecule has 1 saturated carbocycles. The van der Waals surface area contributed by atoms with Gasteiger partial charge < -0.3 is 15.0 Å². The molecular weight excluding hydrogens is 212 g/mol. The van der Waals surface area contributed by atoms with Gasteiger partial charge in [-0.2, -0.15) is 0 Å². The number of ether oxygens (including phenoxy) is 1. The van der Waals surface area contributed by atoms with Crippen molar-refractivity contribution < 1.29 is 4.74 Å². The molecule has 3 heteroatoms. The molecule has 2 rings (SSSR count). The normalized spacial score (nSPS) is 36.7. The Bertz CT molecular complexity index is 222. The number of rotatable bonds is 3. The van der Waals surface area contributed by atoms with Crippen LogP contribution in [0.2, 0.25) is 0 Å². The molecule has 3 unspecified atom stereocenters. The van der Waals surface area contributed by atoms with E-state index in [1.165, 1.54) is 32.1 Å². The van der Waals surface area contributed by atoms with E-state index in [1.54, 1.807) is 0 Å². The van der Waals surface area contributed by atoms with Gasteiger partial charge in [-0.1, -0.05) is 26.2 Å². The van der Waals surface area contributed by atoms with E-state index in [9.17, 15) is 0 Å². The lowest BCUT2D eigenvalue weighted by Crippen LogP contribution is -2.47. The first-order valence-electron chi connectivity index (χ1n) is 7.29. The molecule has 1 N–H and O–H groups in total. The Morgan fingerprint density at radius 3 is 2.88 bits per heavy atom. The maximum absolute atomic E-state index is 5.80. The summed E-state index contributed by atoms with van der Waals surface area (Å²) in [6, 6.07) is 0.716. The van der Waals surface area contributed by atoms with Crippen molar-refractivity contribution in [2.75, 3.05) is 33.3 Å². The lowest BCUT2D eigenvalue weighted by molar-refractivity contribution is -0.0200. The highest BCUT2D eigenvalue weighted by atomic mass is 16.5. The Morgan fingerprint density at radius 1 is 1.24 bits per heavy atom. The van der Waals surface area contributed by atoms with Crippen LogP contribution in [0.5, 0.6) is 0 Å². The Balaban J connectivity index is 1.72. The summed E-state index contributed by atoms with van der Waals surface area (Å²) >= 11 is 0. The standard InChI is InChI=1S/C14H28N2O/c1-12-6-4-3-5-7-14(12)15-10-13-11-16(2)8-9-17-13/h12-15H,3-11H2,1-2H3. The highest BCUT2D eigenvalue weighted by molar-refractivity contribution is 4.79. The molecule has 17 heavy (non-hydrogen) atoms. The van der Waals surface area contributed by atoms with E-state index < -0.39 is 0 Å². The van der Waals surface area contributed by atoms with Crippen LogP contribution >= 0.6 is 0 Å². The molecule has 2 aliphatic rings. The van der Waals surface area contributed by atoms with Crippen molar-refractivity contribution in [3.05, 3.63) is 0 Å². The van der Waals surface area contributed by atoms with Crippen LogP contribution in [0, 0.1) is 5.92 Å². The van der Waals surface area contributed by atoms with Gasteiger partial charge in [-0.15, -0.1) is 0 Å². The lowest BCUT2D eigenvalue weighted by atomic mass is 9.97. The van der Waals surface area contributed by atoms with Crippen molar-refractivity contribution in [2.24, 2.45) is 5.92 Å². The zero-order chi connectivity index (χ0) is 12.1. The second kappa shape index (κ2) is 6.72. The van der Waals surface area contributed by atoms with Crippen LogP contribution in [-0.4, -0.2) is 50.3 Å². The van der Waals surface area contributed by atoms with Crippen LogP contribution in [0.15, 0.2) is 0 Å². The van der Waals surface area contributed by atoms with Gasteiger partial charge in [-0.3, -0.25) is 0 Å². The molecule has 0 bridgehead atoms. The van der Waals surface area contributed by atoms with Crippen molar-refractivity contribution in [3.8, 4) is 0 Å². The first-order chi connectivity index (χ1) is 8.25. The van der Waals surface area contributed by atoms with Crippen LogP contribution in [0.4, 0.5) is 0 Å². The first-order valence-corrected chi connectivity index (χ1v) is 7.29. The number of hydrogen-bond acceptors (Lipinski definition) is 3. The summed E-state index contributed by atoms with van der Waals surface area (Å²) in [6.45, 7) is 6.48. The largest absolute Gasteiger partial charge is 0.374 e. The summed E-state index contributed by atoms with van der Waals surface area (Å²) in [6.07, 6.45) is 7.37. The Kier molecular flexibility index (Phi) is 5.26. The van der Waals surface area contributed by atoms with Crippen molar-refractivity contribution >= 4 is 0 Å². The number of nitrogens with one attached hydrogen (secondary N) is 1.